The number of nitrogens with one attached hydrogen (secondary N) is 1. The van der Waals surface area contributed by atoms with Crippen LogP contribution in [0, 0.1) is 5.82 Å². The summed E-state index contributed by atoms with van der Waals surface area (Å²) in [5, 5.41) is 4.94. The van der Waals surface area contributed by atoms with Crippen LogP contribution in [0.15, 0.2) is 29.6 Å². The van der Waals surface area contributed by atoms with Crippen molar-refractivity contribution in [2.75, 3.05) is 13.6 Å². The molecular weight excluding hydrogens is 417 g/mol. The standard InChI is InChI=1S/C20H19ClFN3O3S/c1-24(10-12-14(21)4-2-5-15(12)22)17(26)11-25-18(27)20(23-19(25)28)8-3-6-16-13(20)7-9-29-16/h2,4-5,7,9H,3,6,8,10-11H2,1H3,(H,23,28). The Balaban J connectivity index is 1.51. The Morgan fingerprint density at radius 3 is 2.93 bits per heavy atom. The van der Waals surface area contributed by atoms with E-state index in [1.54, 1.807) is 17.4 Å². The molecule has 1 unspecified atom stereocenters. The van der Waals surface area contributed by atoms with Gasteiger partial charge in [-0.2, -0.15) is 0 Å². The largest absolute Gasteiger partial charge is 0.340 e. The maximum Gasteiger partial charge on any atom is 0.325 e. The fourth-order valence-electron chi connectivity index (χ4n) is 3.95. The predicted molar refractivity (Wildman–Crippen MR) is 107 cm³/mol. The number of urea groups is 1. The molecule has 1 fully saturated rings. The molecule has 1 aromatic heterocycles. The third-order valence-corrected chi connectivity index (χ3v) is 6.85. The number of amides is 4. The van der Waals surface area contributed by atoms with Crippen LogP contribution in [0.2, 0.25) is 5.02 Å². The summed E-state index contributed by atoms with van der Waals surface area (Å²) in [6.45, 7) is -0.470. The monoisotopic (exact) mass is 435 g/mol. The van der Waals surface area contributed by atoms with Crippen molar-refractivity contribution < 1.29 is 18.8 Å². The maximum absolute atomic E-state index is 14.0. The second-order valence-corrected chi connectivity index (χ2v) is 8.70. The molecule has 4 amide bonds. The van der Waals surface area contributed by atoms with Crippen LogP contribution in [0.3, 0.4) is 0 Å². The predicted octanol–water partition coefficient (Wildman–Crippen LogP) is 3.28. The Morgan fingerprint density at radius 2 is 2.17 bits per heavy atom. The molecule has 1 N–H and O–H groups in total. The van der Waals surface area contributed by atoms with Gasteiger partial charge >= 0.3 is 6.03 Å². The van der Waals surface area contributed by atoms with Gasteiger partial charge in [-0.25, -0.2) is 9.18 Å². The maximum atomic E-state index is 14.0. The second kappa shape index (κ2) is 7.42. The summed E-state index contributed by atoms with van der Waals surface area (Å²) < 4.78 is 14.0. The molecule has 2 aromatic rings. The summed E-state index contributed by atoms with van der Waals surface area (Å²) in [4.78, 5) is 41.7. The number of benzene rings is 1. The Morgan fingerprint density at radius 1 is 1.38 bits per heavy atom. The highest BCUT2D eigenvalue weighted by atomic mass is 35.5. The molecule has 6 nitrogen and oxygen atoms in total. The Hall–Kier alpha value is -2.45. The summed E-state index contributed by atoms with van der Waals surface area (Å²) >= 11 is 7.59. The van der Waals surface area contributed by atoms with Crippen LogP contribution in [0.25, 0.3) is 0 Å². The molecule has 29 heavy (non-hydrogen) atoms. The van der Waals surface area contributed by atoms with Gasteiger partial charge in [-0.05, 0) is 42.8 Å². The number of aryl methyl sites for hydroxylation is 1. The van der Waals surface area contributed by atoms with Gasteiger partial charge in [0.25, 0.3) is 5.91 Å². The number of fused-ring (bicyclic) bond motifs is 2. The molecule has 1 saturated heterocycles. The summed E-state index contributed by atoms with van der Waals surface area (Å²) in [5.74, 6) is -1.41. The van der Waals surface area contributed by atoms with Crippen LogP contribution in [0.1, 0.15) is 28.8 Å². The average molecular weight is 436 g/mol. The zero-order valence-corrected chi connectivity index (χ0v) is 17.3. The number of rotatable bonds is 4. The van der Waals surface area contributed by atoms with Crippen LogP contribution >= 0.6 is 22.9 Å². The van der Waals surface area contributed by atoms with Crippen molar-refractivity contribution >= 4 is 40.8 Å². The van der Waals surface area contributed by atoms with Gasteiger partial charge in [0.15, 0.2) is 0 Å². The number of thiophene rings is 1. The van der Waals surface area contributed by atoms with E-state index in [1.165, 1.54) is 24.1 Å². The van der Waals surface area contributed by atoms with Crippen molar-refractivity contribution in [3.63, 3.8) is 0 Å². The van der Waals surface area contributed by atoms with E-state index in [1.807, 2.05) is 11.4 Å². The molecule has 1 atom stereocenters. The number of carbonyl (C=O) groups excluding carboxylic acids is 3. The van der Waals surface area contributed by atoms with E-state index in [-0.39, 0.29) is 17.1 Å². The van der Waals surface area contributed by atoms with Gasteiger partial charge in [-0.1, -0.05) is 17.7 Å². The van der Waals surface area contributed by atoms with Gasteiger partial charge in [-0.15, -0.1) is 11.3 Å². The van der Waals surface area contributed by atoms with E-state index in [0.717, 1.165) is 28.2 Å². The van der Waals surface area contributed by atoms with Crippen LogP contribution in [-0.2, 0) is 28.1 Å². The number of imide groups is 1. The highest BCUT2D eigenvalue weighted by molar-refractivity contribution is 7.10. The first-order valence-electron chi connectivity index (χ1n) is 9.21. The zero-order valence-electron chi connectivity index (χ0n) is 15.7. The fraction of sp³-hybridized carbons (Fsp3) is 0.350. The topological polar surface area (TPSA) is 69.7 Å². The fourth-order valence-corrected chi connectivity index (χ4v) is 5.17. The minimum atomic E-state index is -1.08. The number of likely N-dealkylation sites (N-methyl/N-ethyl adjacent to an activating group) is 1. The lowest BCUT2D eigenvalue weighted by molar-refractivity contribution is -0.139. The summed E-state index contributed by atoms with van der Waals surface area (Å²) in [5.41, 5.74) is -0.0688. The highest BCUT2D eigenvalue weighted by Crippen LogP contribution is 2.42. The van der Waals surface area contributed by atoms with Crippen molar-refractivity contribution in [3.05, 3.63) is 56.5 Å². The molecule has 4 rings (SSSR count). The van der Waals surface area contributed by atoms with Crippen molar-refractivity contribution in [2.24, 2.45) is 0 Å². The normalized spacial score (nSPS) is 20.7. The SMILES string of the molecule is CN(Cc1c(F)cccc1Cl)C(=O)CN1C(=O)NC2(CCCc3sccc32)C1=O. The first kappa shape index (κ1) is 19.8. The molecule has 0 radical (unpaired) electrons. The van der Waals surface area contributed by atoms with Gasteiger partial charge in [0.1, 0.15) is 17.9 Å². The summed E-state index contributed by atoms with van der Waals surface area (Å²) in [6, 6.07) is 5.58. The third-order valence-electron chi connectivity index (χ3n) is 5.51. The van der Waals surface area contributed by atoms with E-state index < -0.39 is 35.7 Å². The lowest BCUT2D eigenvalue weighted by Gasteiger charge is -2.31. The Labute approximate surface area is 176 Å². The lowest BCUT2D eigenvalue weighted by atomic mass is 9.80. The molecule has 1 aliphatic heterocycles. The molecule has 9 heteroatoms. The number of hydrogen-bond donors (Lipinski definition) is 1. The smallest absolute Gasteiger partial charge is 0.325 e. The molecule has 1 aliphatic carbocycles. The molecule has 2 aliphatic rings. The van der Waals surface area contributed by atoms with E-state index in [0.29, 0.717) is 6.42 Å². The van der Waals surface area contributed by atoms with Gasteiger partial charge in [0.2, 0.25) is 5.91 Å². The molecule has 152 valence electrons. The molecule has 0 bridgehead atoms. The van der Waals surface area contributed by atoms with Gasteiger partial charge in [0.05, 0.1) is 0 Å². The minimum Gasteiger partial charge on any atom is -0.340 e. The molecule has 1 aromatic carbocycles. The summed E-state index contributed by atoms with van der Waals surface area (Å²) in [7, 11) is 1.48. The Bertz CT molecular complexity index is 990. The number of hydrogen-bond acceptors (Lipinski definition) is 4. The number of nitrogens with zero attached hydrogens (tertiary/aromatic N) is 2. The molecule has 2 heterocycles. The van der Waals surface area contributed by atoms with Gasteiger partial charge in [-0.3, -0.25) is 14.5 Å². The second-order valence-electron chi connectivity index (χ2n) is 7.29. The van der Waals surface area contributed by atoms with Crippen molar-refractivity contribution in [1.29, 1.82) is 0 Å². The van der Waals surface area contributed by atoms with E-state index >= 15 is 0 Å². The summed E-state index contributed by atoms with van der Waals surface area (Å²) in [6.07, 6.45) is 2.17. The van der Waals surface area contributed by atoms with E-state index in [4.69, 9.17) is 11.6 Å². The number of carbonyl (C=O) groups is 3. The first-order chi connectivity index (χ1) is 13.8. The molecule has 1 spiro atoms. The lowest BCUT2D eigenvalue weighted by Crippen LogP contribution is -2.47. The molecule has 0 saturated carbocycles. The van der Waals surface area contributed by atoms with Gasteiger partial charge in [0, 0.05) is 34.6 Å². The van der Waals surface area contributed by atoms with Crippen LogP contribution in [-0.4, -0.2) is 41.2 Å². The first-order valence-corrected chi connectivity index (χ1v) is 10.5. The Kier molecular flexibility index (Phi) is 5.08. The zero-order chi connectivity index (χ0) is 20.8. The minimum absolute atomic E-state index is 0.0617. The van der Waals surface area contributed by atoms with Gasteiger partial charge < -0.3 is 10.2 Å². The number of halogens is 2. The molecular formula is C20H19ClFN3O3S. The quantitative estimate of drug-likeness (QED) is 0.749. The van der Waals surface area contributed by atoms with Crippen molar-refractivity contribution in [2.45, 2.75) is 31.3 Å². The third kappa shape index (κ3) is 3.30. The van der Waals surface area contributed by atoms with E-state index in [2.05, 4.69) is 5.32 Å². The van der Waals surface area contributed by atoms with E-state index in [9.17, 15) is 18.8 Å². The van der Waals surface area contributed by atoms with Crippen LogP contribution in [0.5, 0.6) is 0 Å². The highest BCUT2D eigenvalue weighted by Gasteiger charge is 2.54. The average Bonchev–Trinajstić information content (AvgIpc) is 3.25. The van der Waals surface area contributed by atoms with Crippen LogP contribution in [0.4, 0.5) is 9.18 Å². The van der Waals surface area contributed by atoms with Crippen molar-refractivity contribution in [1.82, 2.24) is 15.1 Å². The van der Waals surface area contributed by atoms with Crippen LogP contribution < -0.4 is 5.32 Å². The van der Waals surface area contributed by atoms with Crippen molar-refractivity contribution in [3.8, 4) is 0 Å².